The Labute approximate surface area is 110 Å². The third-order valence-corrected chi connectivity index (χ3v) is 3.94. The van der Waals surface area contributed by atoms with Crippen LogP contribution in [0.1, 0.15) is 24.8 Å². The van der Waals surface area contributed by atoms with E-state index in [1.807, 2.05) is 12.1 Å². The van der Waals surface area contributed by atoms with Gasteiger partial charge in [0.2, 0.25) is 0 Å². The van der Waals surface area contributed by atoms with Gasteiger partial charge < -0.3 is 5.11 Å². The second-order valence-corrected chi connectivity index (χ2v) is 5.41. The van der Waals surface area contributed by atoms with Crippen LogP contribution in [0.2, 0.25) is 0 Å². The first-order valence-corrected chi connectivity index (χ1v) is 6.79. The molecule has 2 rings (SSSR count). The van der Waals surface area contributed by atoms with Crippen molar-refractivity contribution in [2.45, 2.75) is 31.8 Å². The number of likely N-dealkylation sites (tertiary alicyclic amines) is 1. The highest BCUT2D eigenvalue weighted by molar-refractivity contribution is 9.10. The summed E-state index contributed by atoms with van der Waals surface area (Å²) in [4.78, 5) is 2.28. The van der Waals surface area contributed by atoms with E-state index in [4.69, 9.17) is 0 Å². The fourth-order valence-electron chi connectivity index (χ4n) is 2.35. The van der Waals surface area contributed by atoms with Crippen molar-refractivity contribution in [2.75, 3.05) is 13.2 Å². The lowest BCUT2D eigenvalue weighted by molar-refractivity contribution is 0.0841. The molecule has 1 saturated heterocycles. The van der Waals surface area contributed by atoms with Gasteiger partial charge in [-0.05, 0) is 53.0 Å². The molecule has 0 aromatic heterocycles. The Morgan fingerprint density at radius 3 is 2.94 bits per heavy atom. The largest absolute Gasteiger partial charge is 0.395 e. The maximum Gasteiger partial charge on any atom is 0.137 e. The smallest absolute Gasteiger partial charge is 0.137 e. The fourth-order valence-corrected chi connectivity index (χ4v) is 2.77. The Morgan fingerprint density at radius 1 is 1.41 bits per heavy atom. The molecule has 1 fully saturated rings. The second kappa shape index (κ2) is 5.94. The van der Waals surface area contributed by atoms with Gasteiger partial charge in [-0.2, -0.15) is 0 Å². The van der Waals surface area contributed by atoms with E-state index >= 15 is 0 Å². The monoisotopic (exact) mass is 301 g/mol. The molecule has 4 heteroatoms. The number of piperidine rings is 1. The second-order valence-electron chi connectivity index (χ2n) is 4.55. The molecule has 0 amide bonds. The lowest BCUT2D eigenvalue weighted by atomic mass is 10.0. The summed E-state index contributed by atoms with van der Waals surface area (Å²) in [7, 11) is 0. The van der Waals surface area contributed by atoms with E-state index in [2.05, 4.69) is 20.8 Å². The maximum absolute atomic E-state index is 13.1. The maximum atomic E-state index is 13.1. The zero-order chi connectivity index (χ0) is 12.3. The van der Waals surface area contributed by atoms with Gasteiger partial charge in [0.1, 0.15) is 5.82 Å². The number of rotatable bonds is 3. The van der Waals surface area contributed by atoms with Gasteiger partial charge in [-0.1, -0.05) is 12.5 Å². The molecule has 1 unspecified atom stereocenters. The predicted octanol–water partition coefficient (Wildman–Crippen LogP) is 2.94. The van der Waals surface area contributed by atoms with Crippen LogP contribution in [-0.2, 0) is 6.54 Å². The number of halogens is 2. The summed E-state index contributed by atoms with van der Waals surface area (Å²) in [6.45, 7) is 2.01. The minimum atomic E-state index is -0.230. The SMILES string of the molecule is OCC1CCCCN1Cc1ccc(F)c(Br)c1. The van der Waals surface area contributed by atoms with Crippen molar-refractivity contribution in [3.05, 3.63) is 34.1 Å². The molecule has 1 aromatic rings. The van der Waals surface area contributed by atoms with Crippen molar-refractivity contribution in [3.63, 3.8) is 0 Å². The van der Waals surface area contributed by atoms with Crippen molar-refractivity contribution in [2.24, 2.45) is 0 Å². The minimum Gasteiger partial charge on any atom is -0.395 e. The molecule has 0 radical (unpaired) electrons. The standard InChI is InChI=1S/C13H17BrFNO/c14-12-7-10(4-5-13(12)15)8-16-6-2-1-3-11(16)9-17/h4-5,7,11,17H,1-3,6,8-9H2. The number of hydrogen-bond donors (Lipinski definition) is 1. The Bertz CT molecular complexity index is 386. The van der Waals surface area contributed by atoms with E-state index in [-0.39, 0.29) is 18.5 Å². The molecular weight excluding hydrogens is 285 g/mol. The zero-order valence-corrected chi connectivity index (χ0v) is 11.3. The van der Waals surface area contributed by atoms with Crippen molar-refractivity contribution in [3.8, 4) is 0 Å². The molecule has 94 valence electrons. The molecule has 0 bridgehead atoms. The molecule has 0 aliphatic carbocycles. The average Bonchev–Trinajstić information content (AvgIpc) is 2.34. The summed E-state index contributed by atoms with van der Waals surface area (Å²) in [5.74, 6) is -0.230. The van der Waals surface area contributed by atoms with Crippen LogP contribution in [-0.4, -0.2) is 29.2 Å². The van der Waals surface area contributed by atoms with E-state index in [9.17, 15) is 9.50 Å². The molecule has 1 heterocycles. The molecule has 1 N–H and O–H groups in total. The molecule has 1 aliphatic heterocycles. The van der Waals surface area contributed by atoms with Crippen LogP contribution in [0.4, 0.5) is 4.39 Å². The van der Waals surface area contributed by atoms with Crippen LogP contribution >= 0.6 is 15.9 Å². The molecule has 1 aromatic carbocycles. The Balaban J connectivity index is 2.05. The lowest BCUT2D eigenvalue weighted by Gasteiger charge is -2.34. The molecule has 0 saturated carbocycles. The summed E-state index contributed by atoms with van der Waals surface area (Å²) >= 11 is 3.20. The number of benzene rings is 1. The lowest BCUT2D eigenvalue weighted by Crippen LogP contribution is -2.41. The quantitative estimate of drug-likeness (QED) is 0.928. The van der Waals surface area contributed by atoms with Gasteiger partial charge in [-0.15, -0.1) is 0 Å². The van der Waals surface area contributed by atoms with E-state index in [0.717, 1.165) is 25.1 Å². The van der Waals surface area contributed by atoms with Gasteiger partial charge in [0.05, 0.1) is 11.1 Å². The van der Waals surface area contributed by atoms with Gasteiger partial charge in [0.25, 0.3) is 0 Å². The first-order chi connectivity index (χ1) is 8.20. The molecule has 1 aliphatic rings. The number of aliphatic hydroxyl groups excluding tert-OH is 1. The van der Waals surface area contributed by atoms with Crippen LogP contribution in [0.5, 0.6) is 0 Å². The van der Waals surface area contributed by atoms with Crippen LogP contribution in [0, 0.1) is 5.82 Å². The van der Waals surface area contributed by atoms with Crippen molar-refractivity contribution < 1.29 is 9.50 Å². The van der Waals surface area contributed by atoms with Gasteiger partial charge in [-0.25, -0.2) is 4.39 Å². The predicted molar refractivity (Wildman–Crippen MR) is 69.2 cm³/mol. The van der Waals surface area contributed by atoms with Crippen LogP contribution < -0.4 is 0 Å². The normalized spacial score (nSPS) is 21.7. The van der Waals surface area contributed by atoms with Gasteiger partial charge in [0, 0.05) is 12.6 Å². The highest BCUT2D eigenvalue weighted by Gasteiger charge is 2.21. The van der Waals surface area contributed by atoms with Crippen molar-refractivity contribution >= 4 is 15.9 Å². The van der Waals surface area contributed by atoms with E-state index < -0.39 is 0 Å². The summed E-state index contributed by atoms with van der Waals surface area (Å²) in [6.07, 6.45) is 3.42. The highest BCUT2D eigenvalue weighted by Crippen LogP contribution is 2.22. The van der Waals surface area contributed by atoms with Crippen LogP contribution in [0.3, 0.4) is 0 Å². The molecule has 2 nitrogen and oxygen atoms in total. The van der Waals surface area contributed by atoms with Gasteiger partial charge in [-0.3, -0.25) is 4.90 Å². The summed E-state index contributed by atoms with van der Waals surface area (Å²) < 4.78 is 13.6. The fraction of sp³-hybridized carbons (Fsp3) is 0.538. The van der Waals surface area contributed by atoms with Crippen LogP contribution in [0.25, 0.3) is 0 Å². The first-order valence-electron chi connectivity index (χ1n) is 5.99. The number of aliphatic hydroxyl groups is 1. The average molecular weight is 302 g/mol. The number of hydrogen-bond acceptors (Lipinski definition) is 2. The third kappa shape index (κ3) is 3.27. The van der Waals surface area contributed by atoms with Gasteiger partial charge in [0.15, 0.2) is 0 Å². The summed E-state index contributed by atoms with van der Waals surface area (Å²) in [5.41, 5.74) is 1.08. The first kappa shape index (κ1) is 13.0. The molecule has 17 heavy (non-hydrogen) atoms. The summed E-state index contributed by atoms with van der Waals surface area (Å²) in [6, 6.07) is 5.37. The van der Waals surface area contributed by atoms with Crippen LogP contribution in [0.15, 0.2) is 22.7 Å². The molecule has 0 spiro atoms. The van der Waals surface area contributed by atoms with Crippen molar-refractivity contribution in [1.82, 2.24) is 4.90 Å². The third-order valence-electron chi connectivity index (χ3n) is 3.33. The van der Waals surface area contributed by atoms with Gasteiger partial charge >= 0.3 is 0 Å². The Morgan fingerprint density at radius 2 is 2.24 bits per heavy atom. The Hall–Kier alpha value is -0.450. The van der Waals surface area contributed by atoms with E-state index in [1.165, 1.54) is 18.9 Å². The molecular formula is C13H17BrFNO. The molecule has 1 atom stereocenters. The van der Waals surface area contributed by atoms with E-state index in [1.54, 1.807) is 0 Å². The number of nitrogens with zero attached hydrogens (tertiary/aromatic N) is 1. The van der Waals surface area contributed by atoms with E-state index in [0.29, 0.717) is 4.47 Å². The Kier molecular flexibility index (Phi) is 4.54. The highest BCUT2D eigenvalue weighted by atomic mass is 79.9. The zero-order valence-electron chi connectivity index (χ0n) is 9.70. The topological polar surface area (TPSA) is 23.5 Å². The van der Waals surface area contributed by atoms with Crippen molar-refractivity contribution in [1.29, 1.82) is 0 Å². The minimum absolute atomic E-state index is 0.211. The summed E-state index contributed by atoms with van der Waals surface area (Å²) in [5, 5.41) is 9.33.